The van der Waals surface area contributed by atoms with Gasteiger partial charge < -0.3 is 15.0 Å². The summed E-state index contributed by atoms with van der Waals surface area (Å²) in [5, 5.41) is 2.91. The van der Waals surface area contributed by atoms with E-state index in [1.807, 2.05) is 32.2 Å². The number of carbonyl (C=O) groups excluding carboxylic acids is 2. The molecular formula is C21H28N4O3+2. The first-order valence-corrected chi connectivity index (χ1v) is 9.67. The molecule has 2 aromatic rings. The van der Waals surface area contributed by atoms with E-state index in [2.05, 4.69) is 21.3 Å². The highest BCUT2D eigenvalue weighted by Crippen LogP contribution is 2.11. The summed E-state index contributed by atoms with van der Waals surface area (Å²) < 4.78 is 5.16. The molecule has 3 rings (SSSR count). The number of rotatable bonds is 6. The lowest BCUT2D eigenvalue weighted by molar-refractivity contribution is -0.892. The molecule has 1 saturated heterocycles. The molecule has 1 amide bonds. The minimum Gasteiger partial charge on any atom is -0.459 e. The molecular weight excluding hydrogens is 356 g/mol. The quantitative estimate of drug-likeness (QED) is 0.708. The van der Waals surface area contributed by atoms with Crippen LogP contribution >= 0.6 is 0 Å². The summed E-state index contributed by atoms with van der Waals surface area (Å²) in [6.45, 7) is 7.71. The third kappa shape index (κ3) is 5.53. The molecule has 2 heterocycles. The predicted octanol–water partition coefficient (Wildman–Crippen LogP) is 0.410. The molecule has 7 heteroatoms. The number of amides is 1. The minimum atomic E-state index is -0.356. The number of benzene rings is 1. The SMILES string of the molecule is CC(C)OC(=O)c1ccc(NC(=O)C[NH+]2CCN(c3cccc[nH+]3)CC2)cc1. The van der Waals surface area contributed by atoms with Crippen LogP contribution in [0.4, 0.5) is 11.5 Å². The van der Waals surface area contributed by atoms with Crippen LogP contribution in [0.1, 0.15) is 24.2 Å². The molecule has 0 atom stereocenters. The van der Waals surface area contributed by atoms with Gasteiger partial charge in [-0.25, -0.2) is 9.78 Å². The molecule has 1 aromatic carbocycles. The summed E-state index contributed by atoms with van der Waals surface area (Å²) in [5.74, 6) is 0.736. The van der Waals surface area contributed by atoms with E-state index in [1.165, 1.54) is 4.90 Å². The third-order valence-corrected chi connectivity index (χ3v) is 4.66. The molecule has 0 spiro atoms. The zero-order valence-corrected chi connectivity index (χ0v) is 16.4. The number of pyridine rings is 1. The average molecular weight is 384 g/mol. The maximum absolute atomic E-state index is 12.4. The lowest BCUT2D eigenvalue weighted by Crippen LogP contribution is -3.15. The zero-order valence-electron chi connectivity index (χ0n) is 16.4. The number of nitrogens with one attached hydrogen (secondary N) is 3. The number of ether oxygens (including phenoxy) is 1. The van der Waals surface area contributed by atoms with Crippen molar-refractivity contribution in [2.24, 2.45) is 0 Å². The van der Waals surface area contributed by atoms with Crippen LogP contribution in [-0.2, 0) is 9.53 Å². The van der Waals surface area contributed by atoms with Crippen molar-refractivity contribution < 1.29 is 24.2 Å². The summed E-state index contributed by atoms with van der Waals surface area (Å²) >= 11 is 0. The van der Waals surface area contributed by atoms with Gasteiger partial charge in [-0.2, -0.15) is 0 Å². The molecule has 3 N–H and O–H groups in total. The van der Waals surface area contributed by atoms with Crippen molar-refractivity contribution in [3.05, 3.63) is 54.2 Å². The Labute approximate surface area is 165 Å². The Morgan fingerprint density at radius 2 is 1.86 bits per heavy atom. The second-order valence-corrected chi connectivity index (χ2v) is 7.24. The van der Waals surface area contributed by atoms with Gasteiger partial charge in [0.15, 0.2) is 6.54 Å². The van der Waals surface area contributed by atoms with Gasteiger partial charge >= 0.3 is 5.97 Å². The molecule has 28 heavy (non-hydrogen) atoms. The van der Waals surface area contributed by atoms with Crippen LogP contribution in [-0.4, -0.2) is 50.7 Å². The number of hydrogen-bond donors (Lipinski definition) is 2. The highest BCUT2D eigenvalue weighted by molar-refractivity contribution is 5.93. The largest absolute Gasteiger partial charge is 0.459 e. The van der Waals surface area contributed by atoms with Crippen LogP contribution in [0.25, 0.3) is 0 Å². The van der Waals surface area contributed by atoms with Crippen LogP contribution < -0.4 is 20.1 Å². The van der Waals surface area contributed by atoms with Gasteiger partial charge in [-0.15, -0.1) is 0 Å². The Morgan fingerprint density at radius 1 is 1.14 bits per heavy atom. The summed E-state index contributed by atoms with van der Waals surface area (Å²) in [6.07, 6.45) is 1.77. The van der Waals surface area contributed by atoms with Crippen molar-refractivity contribution >= 4 is 23.4 Å². The van der Waals surface area contributed by atoms with Crippen LogP contribution in [0, 0.1) is 0 Å². The third-order valence-electron chi connectivity index (χ3n) is 4.66. The predicted molar refractivity (Wildman–Crippen MR) is 106 cm³/mol. The standard InChI is InChI=1S/C21H26N4O3/c1-16(2)28-21(27)17-6-8-18(9-7-17)23-20(26)15-24-11-13-25(14-12-24)19-5-3-4-10-22-19/h3-10,16H,11-15H2,1-2H3,(H,23,26)/p+2. The van der Waals surface area contributed by atoms with Crippen molar-refractivity contribution in [3.63, 3.8) is 0 Å². The Balaban J connectivity index is 1.45. The zero-order chi connectivity index (χ0) is 19.9. The van der Waals surface area contributed by atoms with Crippen LogP contribution in [0.3, 0.4) is 0 Å². The molecule has 1 aliphatic heterocycles. The van der Waals surface area contributed by atoms with Gasteiger partial charge in [-0.05, 0) is 44.2 Å². The normalized spacial score (nSPS) is 14.8. The highest BCUT2D eigenvalue weighted by atomic mass is 16.5. The lowest BCUT2D eigenvalue weighted by atomic mass is 10.2. The number of esters is 1. The van der Waals surface area contributed by atoms with E-state index < -0.39 is 0 Å². The lowest BCUT2D eigenvalue weighted by Gasteiger charge is -2.27. The number of H-pyrrole nitrogens is 1. The van der Waals surface area contributed by atoms with Gasteiger partial charge in [-0.1, -0.05) is 6.07 Å². The van der Waals surface area contributed by atoms with Gasteiger partial charge in [0.05, 0.1) is 17.9 Å². The molecule has 148 valence electrons. The first kappa shape index (κ1) is 19.8. The van der Waals surface area contributed by atoms with Gasteiger partial charge in [0.1, 0.15) is 26.2 Å². The molecule has 1 fully saturated rings. The molecule has 7 nitrogen and oxygen atoms in total. The maximum atomic E-state index is 12.4. The number of hydrogen-bond acceptors (Lipinski definition) is 4. The molecule has 0 bridgehead atoms. The smallest absolute Gasteiger partial charge is 0.338 e. The first-order chi connectivity index (χ1) is 13.5. The monoisotopic (exact) mass is 384 g/mol. The summed E-state index contributed by atoms with van der Waals surface area (Å²) in [4.78, 5) is 31.0. The van der Waals surface area contributed by atoms with E-state index in [0.29, 0.717) is 17.8 Å². The van der Waals surface area contributed by atoms with Crippen molar-refractivity contribution in [1.82, 2.24) is 0 Å². The van der Waals surface area contributed by atoms with E-state index in [9.17, 15) is 9.59 Å². The average Bonchev–Trinajstić information content (AvgIpc) is 2.69. The minimum absolute atomic E-state index is 0.0211. The summed E-state index contributed by atoms with van der Waals surface area (Å²) in [7, 11) is 0. The first-order valence-electron chi connectivity index (χ1n) is 9.67. The van der Waals surface area contributed by atoms with E-state index in [0.717, 1.165) is 32.0 Å². The van der Waals surface area contributed by atoms with Crippen molar-refractivity contribution in [2.45, 2.75) is 20.0 Å². The van der Waals surface area contributed by atoms with Crippen LogP contribution in [0.15, 0.2) is 48.7 Å². The number of aromatic nitrogens is 1. The molecule has 0 aliphatic carbocycles. The van der Waals surface area contributed by atoms with Crippen molar-refractivity contribution in [1.29, 1.82) is 0 Å². The number of anilines is 2. The summed E-state index contributed by atoms with van der Waals surface area (Å²) in [5.41, 5.74) is 1.16. The van der Waals surface area contributed by atoms with E-state index in [1.54, 1.807) is 24.3 Å². The van der Waals surface area contributed by atoms with Gasteiger partial charge in [0, 0.05) is 11.8 Å². The Hall–Kier alpha value is -2.93. The van der Waals surface area contributed by atoms with Gasteiger partial charge in [0.25, 0.3) is 11.7 Å². The van der Waals surface area contributed by atoms with E-state index >= 15 is 0 Å². The topological polar surface area (TPSA) is 77.2 Å². The number of nitrogens with zero attached hydrogens (tertiary/aromatic N) is 1. The molecule has 1 aromatic heterocycles. The fraction of sp³-hybridized carbons (Fsp3) is 0.381. The second-order valence-electron chi connectivity index (χ2n) is 7.24. The van der Waals surface area contributed by atoms with Gasteiger partial charge in [-0.3, -0.25) is 9.69 Å². The number of quaternary nitrogens is 1. The Bertz CT molecular complexity index is 785. The van der Waals surface area contributed by atoms with Gasteiger partial charge in [0.2, 0.25) is 0 Å². The second kappa shape index (κ2) is 9.32. The molecule has 0 radical (unpaired) electrons. The van der Waals surface area contributed by atoms with E-state index in [4.69, 9.17) is 4.74 Å². The Kier molecular flexibility index (Phi) is 6.60. The number of carbonyl (C=O) groups is 2. The summed E-state index contributed by atoms with van der Waals surface area (Å²) in [6, 6.07) is 12.9. The molecule has 1 aliphatic rings. The van der Waals surface area contributed by atoms with Crippen molar-refractivity contribution in [3.8, 4) is 0 Å². The molecule has 0 saturated carbocycles. The number of piperazine rings is 1. The van der Waals surface area contributed by atoms with Crippen LogP contribution in [0.2, 0.25) is 0 Å². The number of aromatic amines is 1. The van der Waals surface area contributed by atoms with Crippen LogP contribution in [0.5, 0.6) is 0 Å². The highest BCUT2D eigenvalue weighted by Gasteiger charge is 2.27. The Morgan fingerprint density at radius 3 is 2.46 bits per heavy atom. The fourth-order valence-electron chi connectivity index (χ4n) is 3.23. The molecule has 0 unspecified atom stereocenters. The van der Waals surface area contributed by atoms with E-state index in [-0.39, 0.29) is 18.0 Å². The maximum Gasteiger partial charge on any atom is 0.338 e. The van der Waals surface area contributed by atoms with Crippen molar-refractivity contribution in [2.75, 3.05) is 42.9 Å². The fourth-order valence-corrected chi connectivity index (χ4v) is 3.23.